The van der Waals surface area contributed by atoms with Gasteiger partial charge in [-0.15, -0.1) is 0 Å². The van der Waals surface area contributed by atoms with Crippen molar-refractivity contribution >= 4 is 23.7 Å². The van der Waals surface area contributed by atoms with Crippen molar-refractivity contribution in [2.24, 2.45) is 5.73 Å². The molecule has 0 spiro atoms. The molecule has 2 aromatic rings. The van der Waals surface area contributed by atoms with E-state index in [0.29, 0.717) is 19.2 Å². The molecule has 0 radical (unpaired) electrons. The van der Waals surface area contributed by atoms with Crippen LogP contribution >= 0.6 is 0 Å². The first-order chi connectivity index (χ1) is 13.3. The number of fused-ring (bicyclic) bond motifs is 1. The molecule has 28 heavy (non-hydrogen) atoms. The molecular formula is C22H33BN2O3. The number of rotatable bonds is 12. The van der Waals surface area contributed by atoms with Crippen LogP contribution in [-0.2, 0) is 11.3 Å². The summed E-state index contributed by atoms with van der Waals surface area (Å²) in [7, 11) is 2.06. The molecule has 0 saturated heterocycles. The summed E-state index contributed by atoms with van der Waals surface area (Å²) in [5.74, 6) is -0.929. The lowest BCUT2D eigenvalue weighted by Crippen LogP contribution is -2.48. The fourth-order valence-electron chi connectivity index (χ4n) is 3.68. The predicted molar refractivity (Wildman–Crippen MR) is 117 cm³/mol. The van der Waals surface area contributed by atoms with Crippen LogP contribution in [0.3, 0.4) is 0 Å². The lowest BCUT2D eigenvalue weighted by molar-refractivity contribution is -0.144. The lowest BCUT2D eigenvalue weighted by Gasteiger charge is -2.26. The lowest BCUT2D eigenvalue weighted by atomic mass is 9.66. The second kappa shape index (κ2) is 10.6. The summed E-state index contributed by atoms with van der Waals surface area (Å²) in [6.45, 7) is 3.02. The standard InChI is InChI=1S/C22H33BN2O3/c1-23(28)15-6-5-13-22(24,21(26)27)14-8-16-25(2)17-19-11-7-10-18-9-3-4-12-20(18)19/h3-4,7,9-12,28H,5-6,8,13-17,24H2,1-2H3,(H,26,27). The molecule has 6 heteroatoms. The van der Waals surface area contributed by atoms with Crippen LogP contribution in [0.25, 0.3) is 10.8 Å². The van der Waals surface area contributed by atoms with E-state index in [2.05, 4.69) is 48.3 Å². The van der Waals surface area contributed by atoms with E-state index in [1.165, 1.54) is 16.3 Å². The fraction of sp³-hybridized carbons (Fsp3) is 0.500. The molecule has 1 atom stereocenters. The molecule has 0 aliphatic heterocycles. The number of hydrogen-bond acceptors (Lipinski definition) is 4. The molecule has 1 unspecified atom stereocenters. The molecule has 0 fully saturated rings. The van der Waals surface area contributed by atoms with Gasteiger partial charge >= 0.3 is 5.97 Å². The number of aliphatic carboxylic acids is 1. The van der Waals surface area contributed by atoms with Crippen LogP contribution < -0.4 is 5.73 Å². The third kappa shape index (κ3) is 6.62. The quantitative estimate of drug-likeness (QED) is 0.384. The molecule has 5 nitrogen and oxygen atoms in total. The minimum atomic E-state index is -1.18. The van der Waals surface area contributed by atoms with Gasteiger partial charge in [0.15, 0.2) is 0 Å². The number of carboxylic acid groups (broad SMARTS) is 1. The number of nitrogens with two attached hydrogens (primary N) is 1. The summed E-state index contributed by atoms with van der Waals surface area (Å²) in [5.41, 5.74) is 6.28. The zero-order chi connectivity index (χ0) is 20.6. The number of carboxylic acids is 1. The summed E-state index contributed by atoms with van der Waals surface area (Å²) in [6, 6.07) is 14.7. The Morgan fingerprint density at radius 3 is 2.50 bits per heavy atom. The van der Waals surface area contributed by atoms with Crippen molar-refractivity contribution in [1.29, 1.82) is 0 Å². The Kier molecular flexibility index (Phi) is 8.48. The van der Waals surface area contributed by atoms with Crippen LogP contribution in [0.1, 0.15) is 37.7 Å². The minimum absolute atomic E-state index is 0.347. The fourth-order valence-corrected chi connectivity index (χ4v) is 3.68. The molecular weight excluding hydrogens is 351 g/mol. The molecule has 4 N–H and O–H groups in total. The van der Waals surface area contributed by atoms with Gasteiger partial charge in [0.25, 0.3) is 6.92 Å². The summed E-state index contributed by atoms with van der Waals surface area (Å²) in [5, 5.41) is 21.4. The highest BCUT2D eigenvalue weighted by atomic mass is 16.4. The third-order valence-corrected chi connectivity index (χ3v) is 5.40. The van der Waals surface area contributed by atoms with E-state index >= 15 is 0 Å². The highest BCUT2D eigenvalue weighted by molar-refractivity contribution is 6.48. The van der Waals surface area contributed by atoms with E-state index in [0.717, 1.165) is 32.4 Å². The first-order valence-electron chi connectivity index (χ1n) is 10.2. The number of hydrogen-bond donors (Lipinski definition) is 3. The van der Waals surface area contributed by atoms with Crippen molar-refractivity contribution in [3.05, 3.63) is 48.0 Å². The molecule has 0 saturated carbocycles. The zero-order valence-electron chi connectivity index (χ0n) is 17.1. The second-order valence-electron chi connectivity index (χ2n) is 8.04. The van der Waals surface area contributed by atoms with Crippen molar-refractivity contribution in [1.82, 2.24) is 4.90 Å². The SMILES string of the molecule is CB(O)CCCCC(N)(CCCN(C)Cc1cccc2ccccc12)C(=O)O. The molecule has 0 aliphatic carbocycles. The Morgan fingerprint density at radius 2 is 1.79 bits per heavy atom. The van der Waals surface area contributed by atoms with Gasteiger partial charge < -0.3 is 20.8 Å². The van der Waals surface area contributed by atoms with E-state index in [4.69, 9.17) is 5.73 Å². The van der Waals surface area contributed by atoms with Gasteiger partial charge in [0, 0.05) is 6.54 Å². The third-order valence-electron chi connectivity index (χ3n) is 5.40. The first kappa shape index (κ1) is 22.4. The van der Waals surface area contributed by atoms with Gasteiger partial charge in [-0.05, 0) is 55.5 Å². The minimum Gasteiger partial charge on any atom is -0.480 e. The van der Waals surface area contributed by atoms with Crippen LogP contribution in [0.2, 0.25) is 13.1 Å². The van der Waals surface area contributed by atoms with Crippen LogP contribution in [0.15, 0.2) is 42.5 Å². The number of nitrogens with zero attached hydrogens (tertiary/aromatic N) is 1. The van der Waals surface area contributed by atoms with E-state index in [9.17, 15) is 14.9 Å². The largest absolute Gasteiger partial charge is 0.480 e. The van der Waals surface area contributed by atoms with Crippen LogP contribution in [0.5, 0.6) is 0 Å². The molecule has 0 bridgehead atoms. The van der Waals surface area contributed by atoms with E-state index in [1.54, 1.807) is 6.82 Å². The van der Waals surface area contributed by atoms with Gasteiger partial charge in [-0.3, -0.25) is 4.79 Å². The van der Waals surface area contributed by atoms with Crippen LogP contribution in [-0.4, -0.2) is 47.0 Å². The molecule has 152 valence electrons. The maximum atomic E-state index is 11.7. The average Bonchev–Trinajstić information content (AvgIpc) is 2.65. The second-order valence-corrected chi connectivity index (χ2v) is 8.04. The summed E-state index contributed by atoms with van der Waals surface area (Å²) >= 11 is 0. The van der Waals surface area contributed by atoms with Crippen LogP contribution in [0, 0.1) is 0 Å². The summed E-state index contributed by atoms with van der Waals surface area (Å²) in [4.78, 5) is 13.9. The summed E-state index contributed by atoms with van der Waals surface area (Å²) < 4.78 is 0. The maximum absolute atomic E-state index is 11.7. The Bertz CT molecular complexity index is 763. The number of unbranched alkanes of at least 4 members (excludes halogenated alkanes) is 1. The topological polar surface area (TPSA) is 86.8 Å². The predicted octanol–water partition coefficient (Wildman–Crippen LogP) is 3.62. The maximum Gasteiger partial charge on any atom is 0.323 e. The zero-order valence-corrected chi connectivity index (χ0v) is 17.1. The van der Waals surface area contributed by atoms with Crippen molar-refractivity contribution in [3.8, 4) is 0 Å². The van der Waals surface area contributed by atoms with Crippen LogP contribution in [0.4, 0.5) is 0 Å². The molecule has 2 rings (SSSR count). The van der Waals surface area contributed by atoms with E-state index < -0.39 is 11.5 Å². The van der Waals surface area contributed by atoms with Gasteiger partial charge in [-0.2, -0.15) is 0 Å². The summed E-state index contributed by atoms with van der Waals surface area (Å²) in [6.07, 6.45) is 3.84. The molecule has 2 aromatic carbocycles. The van der Waals surface area contributed by atoms with E-state index in [-0.39, 0.29) is 6.92 Å². The highest BCUT2D eigenvalue weighted by Crippen LogP contribution is 2.22. The van der Waals surface area contributed by atoms with Gasteiger partial charge in [-0.1, -0.05) is 62.1 Å². The molecule has 0 amide bonds. The first-order valence-corrected chi connectivity index (χ1v) is 10.2. The van der Waals surface area contributed by atoms with Crippen molar-refractivity contribution in [3.63, 3.8) is 0 Å². The monoisotopic (exact) mass is 384 g/mol. The van der Waals surface area contributed by atoms with Gasteiger partial charge in [0.1, 0.15) is 5.54 Å². The van der Waals surface area contributed by atoms with Gasteiger partial charge in [-0.25, -0.2) is 0 Å². The smallest absolute Gasteiger partial charge is 0.323 e. The Hall–Kier alpha value is -1.89. The average molecular weight is 384 g/mol. The Balaban J connectivity index is 1.85. The molecule has 0 aliphatic rings. The number of carbonyl (C=O) groups is 1. The van der Waals surface area contributed by atoms with Crippen molar-refractivity contribution in [2.45, 2.75) is 57.3 Å². The molecule has 0 aromatic heterocycles. The highest BCUT2D eigenvalue weighted by Gasteiger charge is 2.32. The van der Waals surface area contributed by atoms with E-state index in [1.807, 2.05) is 6.07 Å². The number of benzene rings is 2. The van der Waals surface area contributed by atoms with Gasteiger partial charge in [0.2, 0.25) is 0 Å². The Labute approximate surface area is 168 Å². The normalized spacial score (nSPS) is 13.6. The van der Waals surface area contributed by atoms with Gasteiger partial charge in [0.05, 0.1) is 0 Å². The molecule has 0 heterocycles. The van der Waals surface area contributed by atoms with Crippen molar-refractivity contribution in [2.75, 3.05) is 13.6 Å². The Morgan fingerprint density at radius 1 is 1.11 bits per heavy atom. The van der Waals surface area contributed by atoms with Crippen molar-refractivity contribution < 1.29 is 14.9 Å².